The molecular formula is C12H8ClNO3. The van der Waals surface area contributed by atoms with E-state index >= 15 is 0 Å². The van der Waals surface area contributed by atoms with Crippen molar-refractivity contribution >= 4 is 17.3 Å². The highest BCUT2D eigenvalue weighted by atomic mass is 35.5. The molecule has 0 aromatic heterocycles. The molecule has 0 aliphatic carbocycles. The van der Waals surface area contributed by atoms with Gasteiger partial charge in [-0.3, -0.25) is 10.1 Å². The van der Waals surface area contributed by atoms with Crippen molar-refractivity contribution in [3.63, 3.8) is 0 Å². The highest BCUT2D eigenvalue weighted by Crippen LogP contribution is 2.31. The first kappa shape index (κ1) is 11.4. The van der Waals surface area contributed by atoms with Crippen LogP contribution in [-0.4, -0.2) is 10.0 Å². The fourth-order valence-electron chi connectivity index (χ4n) is 1.49. The Hall–Kier alpha value is -2.07. The van der Waals surface area contributed by atoms with Gasteiger partial charge in [0.15, 0.2) is 5.75 Å². The zero-order valence-corrected chi connectivity index (χ0v) is 9.39. The van der Waals surface area contributed by atoms with Gasteiger partial charge in [0.25, 0.3) is 0 Å². The minimum Gasteiger partial charge on any atom is -0.502 e. The molecule has 5 heteroatoms. The Balaban J connectivity index is 2.50. The molecule has 0 spiro atoms. The largest absolute Gasteiger partial charge is 0.502 e. The molecule has 86 valence electrons. The van der Waals surface area contributed by atoms with E-state index in [0.29, 0.717) is 10.6 Å². The molecule has 0 unspecified atom stereocenters. The van der Waals surface area contributed by atoms with Crippen molar-refractivity contribution < 1.29 is 10.0 Å². The molecular weight excluding hydrogens is 242 g/mol. The maximum Gasteiger partial charge on any atom is 0.311 e. The van der Waals surface area contributed by atoms with Crippen molar-refractivity contribution in [3.05, 3.63) is 57.6 Å². The molecule has 2 aromatic rings. The fourth-order valence-corrected chi connectivity index (χ4v) is 1.62. The molecule has 17 heavy (non-hydrogen) atoms. The summed E-state index contributed by atoms with van der Waals surface area (Å²) < 4.78 is 0. The standard InChI is InChI=1S/C12H8ClNO3/c13-10-4-1-8(2-5-10)9-3-6-12(15)11(7-9)14(16)17/h1-7,15H. The van der Waals surface area contributed by atoms with E-state index in [1.807, 2.05) is 0 Å². The van der Waals surface area contributed by atoms with E-state index in [1.165, 1.54) is 12.1 Å². The first-order chi connectivity index (χ1) is 8.08. The molecule has 0 fully saturated rings. The van der Waals surface area contributed by atoms with Crippen LogP contribution in [0.2, 0.25) is 5.02 Å². The van der Waals surface area contributed by atoms with Crippen LogP contribution < -0.4 is 0 Å². The van der Waals surface area contributed by atoms with Crippen LogP contribution in [0.1, 0.15) is 0 Å². The summed E-state index contributed by atoms with van der Waals surface area (Å²) in [5.41, 5.74) is 1.15. The number of hydrogen-bond donors (Lipinski definition) is 1. The number of aromatic hydroxyl groups is 1. The molecule has 0 bridgehead atoms. The van der Waals surface area contributed by atoms with Gasteiger partial charge in [-0.1, -0.05) is 29.8 Å². The molecule has 0 aliphatic heterocycles. The molecule has 1 N–H and O–H groups in total. The van der Waals surface area contributed by atoms with E-state index in [0.717, 1.165) is 5.56 Å². The SMILES string of the molecule is O=[N+]([O-])c1cc(-c2ccc(Cl)cc2)ccc1O. The summed E-state index contributed by atoms with van der Waals surface area (Å²) in [6, 6.07) is 11.2. The molecule has 0 aliphatic rings. The smallest absolute Gasteiger partial charge is 0.311 e. The quantitative estimate of drug-likeness (QED) is 0.653. The second-order valence-electron chi connectivity index (χ2n) is 3.47. The van der Waals surface area contributed by atoms with Crippen LogP contribution in [-0.2, 0) is 0 Å². The second kappa shape index (κ2) is 4.43. The van der Waals surface area contributed by atoms with Crippen molar-refractivity contribution in [3.8, 4) is 16.9 Å². The molecule has 0 saturated heterocycles. The summed E-state index contributed by atoms with van der Waals surface area (Å²) in [7, 11) is 0. The van der Waals surface area contributed by atoms with Gasteiger partial charge in [0.1, 0.15) is 0 Å². The highest BCUT2D eigenvalue weighted by Gasteiger charge is 2.14. The zero-order valence-electron chi connectivity index (χ0n) is 8.63. The number of nitrogens with zero attached hydrogens (tertiary/aromatic N) is 1. The lowest BCUT2D eigenvalue weighted by atomic mass is 10.1. The number of nitro benzene ring substituents is 1. The lowest BCUT2D eigenvalue weighted by Gasteiger charge is -2.03. The fraction of sp³-hybridized carbons (Fsp3) is 0. The average Bonchev–Trinajstić information content (AvgIpc) is 2.30. The lowest BCUT2D eigenvalue weighted by Crippen LogP contribution is -1.89. The van der Waals surface area contributed by atoms with Crippen molar-refractivity contribution in [1.29, 1.82) is 0 Å². The summed E-state index contributed by atoms with van der Waals surface area (Å²) in [5, 5.41) is 20.6. The number of phenolic OH excluding ortho intramolecular Hbond substituents is 1. The van der Waals surface area contributed by atoms with Crippen LogP contribution >= 0.6 is 11.6 Å². The summed E-state index contributed by atoms with van der Waals surface area (Å²) >= 11 is 5.76. The lowest BCUT2D eigenvalue weighted by molar-refractivity contribution is -0.385. The van der Waals surface area contributed by atoms with Crippen LogP contribution in [0, 0.1) is 10.1 Å². The van der Waals surface area contributed by atoms with E-state index in [4.69, 9.17) is 11.6 Å². The van der Waals surface area contributed by atoms with Crippen LogP contribution in [0.4, 0.5) is 5.69 Å². The summed E-state index contributed by atoms with van der Waals surface area (Å²) in [6.07, 6.45) is 0. The number of benzene rings is 2. The number of rotatable bonds is 2. The number of phenols is 1. The van der Waals surface area contributed by atoms with Gasteiger partial charge >= 0.3 is 5.69 Å². The first-order valence-electron chi connectivity index (χ1n) is 4.81. The van der Waals surface area contributed by atoms with Gasteiger partial charge in [-0.05, 0) is 29.3 Å². The summed E-state index contributed by atoms with van der Waals surface area (Å²) in [4.78, 5) is 10.1. The van der Waals surface area contributed by atoms with Gasteiger partial charge < -0.3 is 5.11 Å². The van der Waals surface area contributed by atoms with Crippen LogP contribution in [0.15, 0.2) is 42.5 Å². The Labute approximate surface area is 102 Å². The minimum absolute atomic E-state index is 0.308. The van der Waals surface area contributed by atoms with Gasteiger partial charge in [0, 0.05) is 11.1 Å². The highest BCUT2D eigenvalue weighted by molar-refractivity contribution is 6.30. The minimum atomic E-state index is -0.616. The third-order valence-corrected chi connectivity index (χ3v) is 2.60. The van der Waals surface area contributed by atoms with Crippen LogP contribution in [0.3, 0.4) is 0 Å². The number of halogens is 1. The zero-order chi connectivity index (χ0) is 12.4. The Bertz CT molecular complexity index is 566. The van der Waals surface area contributed by atoms with Gasteiger partial charge in [0.2, 0.25) is 0 Å². The van der Waals surface area contributed by atoms with Gasteiger partial charge in [0.05, 0.1) is 4.92 Å². The van der Waals surface area contributed by atoms with Crippen molar-refractivity contribution in [1.82, 2.24) is 0 Å². The van der Waals surface area contributed by atoms with Crippen molar-refractivity contribution in [2.75, 3.05) is 0 Å². The Kier molecular flexibility index (Phi) is 2.97. The summed E-state index contributed by atoms with van der Waals surface area (Å²) in [5.74, 6) is -0.340. The normalized spacial score (nSPS) is 10.2. The molecule has 0 atom stereocenters. The predicted octanol–water partition coefficient (Wildman–Crippen LogP) is 3.62. The van der Waals surface area contributed by atoms with Crippen molar-refractivity contribution in [2.24, 2.45) is 0 Å². The third kappa shape index (κ3) is 2.37. The molecule has 2 aromatic carbocycles. The first-order valence-corrected chi connectivity index (χ1v) is 5.19. The van der Waals surface area contributed by atoms with Gasteiger partial charge in [-0.15, -0.1) is 0 Å². The molecule has 0 saturated carbocycles. The van der Waals surface area contributed by atoms with E-state index in [2.05, 4.69) is 0 Å². The van der Waals surface area contributed by atoms with E-state index in [-0.39, 0.29) is 11.4 Å². The average molecular weight is 250 g/mol. The van der Waals surface area contributed by atoms with E-state index in [1.54, 1.807) is 30.3 Å². The van der Waals surface area contributed by atoms with E-state index in [9.17, 15) is 15.2 Å². The maximum atomic E-state index is 10.7. The molecule has 2 rings (SSSR count). The monoisotopic (exact) mass is 249 g/mol. The van der Waals surface area contributed by atoms with Gasteiger partial charge in [-0.25, -0.2) is 0 Å². The molecule has 0 heterocycles. The number of nitro groups is 1. The molecule has 0 radical (unpaired) electrons. The van der Waals surface area contributed by atoms with E-state index < -0.39 is 4.92 Å². The van der Waals surface area contributed by atoms with Gasteiger partial charge in [-0.2, -0.15) is 0 Å². The predicted molar refractivity (Wildman–Crippen MR) is 65.2 cm³/mol. The Morgan fingerprint density at radius 2 is 1.65 bits per heavy atom. The second-order valence-corrected chi connectivity index (χ2v) is 3.90. The Morgan fingerprint density at radius 1 is 1.06 bits per heavy atom. The maximum absolute atomic E-state index is 10.7. The summed E-state index contributed by atoms with van der Waals surface area (Å²) in [6.45, 7) is 0. The number of hydrogen-bond acceptors (Lipinski definition) is 3. The van der Waals surface area contributed by atoms with Crippen LogP contribution in [0.25, 0.3) is 11.1 Å². The molecule has 0 amide bonds. The topological polar surface area (TPSA) is 63.4 Å². The third-order valence-electron chi connectivity index (χ3n) is 2.35. The Morgan fingerprint density at radius 3 is 2.24 bits per heavy atom. The molecule has 4 nitrogen and oxygen atoms in total. The van der Waals surface area contributed by atoms with Crippen molar-refractivity contribution in [2.45, 2.75) is 0 Å². The van der Waals surface area contributed by atoms with Crippen LogP contribution in [0.5, 0.6) is 5.75 Å².